The van der Waals surface area contributed by atoms with Gasteiger partial charge in [-0.05, 0) is 0 Å². The first-order valence-electron chi connectivity index (χ1n) is 9.51. The molecular weight excluding hydrogens is 648 g/mol. The second kappa shape index (κ2) is 12.3. The number of aliphatic imine (C=N–C) groups is 1. The third-order valence-electron chi connectivity index (χ3n) is 3.97. The van der Waals surface area contributed by atoms with Crippen LogP contribution in [0.1, 0.15) is 32.8 Å². The van der Waals surface area contributed by atoms with Crippen molar-refractivity contribution in [1.82, 2.24) is 21.2 Å². The Kier molecular flexibility index (Phi) is 10.4. The molecule has 1 aromatic carbocycles. The van der Waals surface area contributed by atoms with Crippen molar-refractivity contribution in [1.29, 1.82) is 0 Å². The van der Waals surface area contributed by atoms with E-state index < -0.39 is 31.3 Å². The molecule has 0 aromatic heterocycles. The molecule has 2 atom stereocenters. The molecule has 0 saturated heterocycles. The van der Waals surface area contributed by atoms with Crippen LogP contribution in [0.25, 0.3) is 0 Å². The van der Waals surface area contributed by atoms with E-state index in [0.717, 1.165) is 5.56 Å². The minimum Gasteiger partial charge on any atom is -0.226 e. The molecule has 0 aliphatic carbocycles. The molecule has 5 N–H and O–H groups in total. The molecule has 0 saturated carbocycles. The van der Waals surface area contributed by atoms with Crippen molar-refractivity contribution >= 4 is 64.2 Å². The number of rotatable bonds is 9. The Balaban J connectivity index is 2.03. The van der Waals surface area contributed by atoms with Crippen LogP contribution >= 0.6 is 34.2 Å². The molecule has 2 rings (SSSR count). The number of nitrogens with zero attached hydrogens (tertiary/aromatic N) is 3. The van der Waals surface area contributed by atoms with Gasteiger partial charge in [-0.1, -0.05) is 22.6 Å². The number of hydrazine groups is 1. The number of benzene rings is 1. The SMILES string of the molecule is CC(C)(C)[I-]C(N)C(=O)N1N=CCC1C(=O)NCc1cc(Cl)ccc1N=CNNCI. The van der Waals surface area contributed by atoms with E-state index >= 15 is 0 Å². The molecule has 2 amide bonds. The van der Waals surface area contributed by atoms with Crippen molar-refractivity contribution in [2.24, 2.45) is 15.8 Å². The molecule has 1 aliphatic rings. The summed E-state index contributed by atoms with van der Waals surface area (Å²) in [5.41, 5.74) is 13.3. The van der Waals surface area contributed by atoms with E-state index in [9.17, 15) is 9.59 Å². The fourth-order valence-electron chi connectivity index (χ4n) is 2.68. The molecular formula is C19H27ClI2N7O2-. The summed E-state index contributed by atoms with van der Waals surface area (Å²) in [5, 5.41) is 8.74. The summed E-state index contributed by atoms with van der Waals surface area (Å²) in [6.07, 6.45) is 3.45. The van der Waals surface area contributed by atoms with Crippen LogP contribution in [0, 0.1) is 0 Å². The van der Waals surface area contributed by atoms with Gasteiger partial charge in [-0.15, -0.1) is 0 Å². The Labute approximate surface area is 211 Å². The second-order valence-electron chi connectivity index (χ2n) is 7.51. The Morgan fingerprint density at radius 3 is 2.90 bits per heavy atom. The number of nitrogens with one attached hydrogen (secondary N) is 3. The number of hydrazone groups is 1. The number of alkyl halides is 3. The topological polar surface area (TPSA) is 124 Å². The predicted molar refractivity (Wildman–Crippen MR) is 128 cm³/mol. The van der Waals surface area contributed by atoms with Gasteiger partial charge in [0.25, 0.3) is 0 Å². The quantitative estimate of drug-likeness (QED) is 0.0502. The minimum absolute atomic E-state index is 0.000263. The van der Waals surface area contributed by atoms with Crippen LogP contribution in [0.4, 0.5) is 5.69 Å². The van der Waals surface area contributed by atoms with Crippen LogP contribution in [0.3, 0.4) is 0 Å². The molecule has 0 bridgehead atoms. The second-order valence-corrected chi connectivity index (χ2v) is 13.9. The van der Waals surface area contributed by atoms with E-state index in [1.54, 1.807) is 24.4 Å². The van der Waals surface area contributed by atoms with Crippen molar-refractivity contribution in [3.8, 4) is 0 Å². The number of hydrogen-bond acceptors (Lipinski definition) is 6. The van der Waals surface area contributed by atoms with Gasteiger partial charge in [0, 0.05) is 0 Å². The fraction of sp³-hybridized carbons (Fsp3) is 0.474. The number of carbonyl (C=O) groups excluding carboxylic acids is 2. The summed E-state index contributed by atoms with van der Waals surface area (Å²) in [7, 11) is 0. The normalized spacial score (nSPS) is 17.4. The molecule has 2 unspecified atom stereocenters. The van der Waals surface area contributed by atoms with Gasteiger partial charge in [0.15, 0.2) is 0 Å². The average molecular weight is 675 g/mol. The molecule has 31 heavy (non-hydrogen) atoms. The zero-order valence-corrected chi connectivity index (χ0v) is 22.6. The van der Waals surface area contributed by atoms with Gasteiger partial charge in [-0.3, -0.25) is 0 Å². The summed E-state index contributed by atoms with van der Waals surface area (Å²) in [6, 6.07) is 4.55. The van der Waals surface area contributed by atoms with Crippen LogP contribution in [0.5, 0.6) is 0 Å². The maximum atomic E-state index is 12.8. The van der Waals surface area contributed by atoms with E-state index in [4.69, 9.17) is 17.3 Å². The van der Waals surface area contributed by atoms with Crippen LogP contribution in [-0.4, -0.2) is 47.4 Å². The number of amides is 2. The molecule has 9 nitrogen and oxygen atoms in total. The zero-order valence-electron chi connectivity index (χ0n) is 17.5. The molecule has 0 fully saturated rings. The number of halogens is 3. The Morgan fingerprint density at radius 1 is 1.48 bits per heavy atom. The van der Waals surface area contributed by atoms with Crippen LogP contribution in [-0.2, 0) is 16.1 Å². The average Bonchev–Trinajstić information content (AvgIpc) is 3.18. The standard InChI is InChI=1S/C19H27ClI2N7O2/c1-19(2,3)22-16(23)18(31)29-15(6-7-28-29)17(30)24-9-12-8-13(20)4-5-14(12)25-11-27-26-10-21/h4-5,7-8,11,15-16,26H,6,9-10,23H2,1-3H3,(H,24,30)(H,25,27)/q-1. The first-order valence-corrected chi connectivity index (χ1v) is 13.7. The monoisotopic (exact) mass is 674 g/mol. The van der Waals surface area contributed by atoms with Crippen molar-refractivity contribution in [2.75, 3.05) is 4.55 Å². The van der Waals surface area contributed by atoms with Crippen LogP contribution < -0.4 is 43.1 Å². The molecule has 1 aromatic rings. The number of carbonyl (C=O) groups is 2. The Bertz CT molecular complexity index is 845. The van der Waals surface area contributed by atoms with Gasteiger partial charge in [0.1, 0.15) is 0 Å². The summed E-state index contributed by atoms with van der Waals surface area (Å²) < 4.78 is 0.106. The zero-order chi connectivity index (χ0) is 23.0. The van der Waals surface area contributed by atoms with Crippen molar-refractivity contribution < 1.29 is 30.8 Å². The molecule has 1 aliphatic heterocycles. The van der Waals surface area contributed by atoms with E-state index in [1.807, 2.05) is 0 Å². The van der Waals surface area contributed by atoms with Gasteiger partial charge < -0.3 is 0 Å². The molecule has 0 radical (unpaired) electrons. The smallest absolute Gasteiger partial charge is 0.226 e. The molecule has 172 valence electrons. The minimum atomic E-state index is -0.705. The maximum absolute atomic E-state index is 12.8. The molecule has 0 spiro atoms. The van der Waals surface area contributed by atoms with E-state index in [-0.39, 0.29) is 21.8 Å². The first kappa shape index (κ1) is 26.2. The van der Waals surface area contributed by atoms with E-state index in [1.165, 1.54) is 11.3 Å². The third kappa shape index (κ3) is 8.44. The van der Waals surface area contributed by atoms with Crippen LogP contribution in [0.15, 0.2) is 28.3 Å². The Hall–Kier alpha value is -1.03. The summed E-state index contributed by atoms with van der Waals surface area (Å²) in [5.74, 6) is -0.606. The van der Waals surface area contributed by atoms with Gasteiger partial charge in [-0.2, -0.15) is 0 Å². The Morgan fingerprint density at radius 2 is 2.23 bits per heavy atom. The first-order chi connectivity index (χ1) is 14.6. The summed E-state index contributed by atoms with van der Waals surface area (Å²) in [6.45, 7) is 6.39. The van der Waals surface area contributed by atoms with Gasteiger partial charge in [0.2, 0.25) is 0 Å². The fourth-order valence-corrected chi connectivity index (χ4v) is 5.66. The van der Waals surface area contributed by atoms with Gasteiger partial charge in [0.05, 0.1) is 4.55 Å². The van der Waals surface area contributed by atoms with Crippen molar-refractivity contribution in [3.05, 3.63) is 28.8 Å². The number of nitrogens with two attached hydrogens (primary N) is 1. The van der Waals surface area contributed by atoms with E-state index in [0.29, 0.717) is 21.7 Å². The predicted octanol–water partition coefficient (Wildman–Crippen LogP) is -1.14. The van der Waals surface area contributed by atoms with Crippen LogP contribution in [0.2, 0.25) is 5.02 Å². The molecule has 1 heterocycles. The summed E-state index contributed by atoms with van der Waals surface area (Å²) in [4.78, 5) is 29.9. The number of hydrogen-bond donors (Lipinski definition) is 4. The van der Waals surface area contributed by atoms with Gasteiger partial charge in [-0.25, -0.2) is 5.43 Å². The van der Waals surface area contributed by atoms with Crippen molar-refractivity contribution in [2.45, 2.75) is 47.2 Å². The van der Waals surface area contributed by atoms with E-state index in [2.05, 4.69) is 69.6 Å². The molecule has 12 heteroatoms. The third-order valence-corrected chi connectivity index (χ3v) is 7.66. The summed E-state index contributed by atoms with van der Waals surface area (Å²) >= 11 is 7.68. The van der Waals surface area contributed by atoms with Gasteiger partial charge >= 0.3 is 180 Å². The van der Waals surface area contributed by atoms with Crippen molar-refractivity contribution in [3.63, 3.8) is 0 Å².